The van der Waals surface area contributed by atoms with Crippen molar-refractivity contribution in [1.82, 2.24) is 0 Å². The predicted molar refractivity (Wildman–Crippen MR) is 78.2 cm³/mol. The average molecular weight is 302 g/mol. The van der Waals surface area contributed by atoms with E-state index in [1.54, 1.807) is 32.0 Å². The van der Waals surface area contributed by atoms with Crippen LogP contribution >= 0.6 is 11.6 Å². The van der Waals surface area contributed by atoms with Gasteiger partial charge in [-0.2, -0.15) is 0 Å². The Bertz CT molecular complexity index is 609. The lowest BCUT2D eigenvalue weighted by atomic mass is 10.3. The van der Waals surface area contributed by atoms with Gasteiger partial charge in [-0.3, -0.25) is 5.41 Å². The third-order valence-corrected chi connectivity index (χ3v) is 4.98. The van der Waals surface area contributed by atoms with E-state index in [1.165, 1.54) is 6.07 Å². The lowest BCUT2D eigenvalue weighted by Gasteiger charge is -2.14. The van der Waals surface area contributed by atoms with Crippen molar-refractivity contribution in [3.8, 4) is 0 Å². The third kappa shape index (κ3) is 3.48. The van der Waals surface area contributed by atoms with Crippen LogP contribution in [0, 0.1) is 5.41 Å². The molecule has 0 radical (unpaired) electrons. The van der Waals surface area contributed by atoms with Crippen LogP contribution in [0.15, 0.2) is 40.4 Å². The Kier molecular flexibility index (Phi) is 4.97. The van der Waals surface area contributed by atoms with E-state index in [4.69, 9.17) is 22.7 Å². The lowest BCUT2D eigenvalue weighted by molar-refractivity contribution is 0.588. The molecule has 0 amide bonds. The Labute approximate surface area is 117 Å². The van der Waals surface area contributed by atoms with Gasteiger partial charge in [0.15, 0.2) is 9.84 Å². The molecule has 0 saturated heterocycles. The number of hydrogen-bond donors (Lipinski definition) is 3. The van der Waals surface area contributed by atoms with E-state index >= 15 is 0 Å². The zero-order chi connectivity index (χ0) is 14.6. The van der Waals surface area contributed by atoms with Crippen molar-refractivity contribution in [2.45, 2.75) is 24.0 Å². The van der Waals surface area contributed by atoms with E-state index in [1.807, 2.05) is 0 Å². The van der Waals surface area contributed by atoms with E-state index in [-0.39, 0.29) is 15.8 Å². The highest BCUT2D eigenvalue weighted by Crippen LogP contribution is 2.25. The van der Waals surface area contributed by atoms with Gasteiger partial charge in [-0.1, -0.05) is 23.7 Å². The number of amidine groups is 1. The first-order valence-corrected chi connectivity index (χ1v) is 7.49. The van der Waals surface area contributed by atoms with Crippen molar-refractivity contribution in [3.05, 3.63) is 35.5 Å². The maximum atomic E-state index is 12.2. The molecule has 104 valence electrons. The minimum atomic E-state index is -3.44. The van der Waals surface area contributed by atoms with Crippen molar-refractivity contribution in [2.24, 2.45) is 5.73 Å². The summed E-state index contributed by atoms with van der Waals surface area (Å²) in [5, 5.41) is 9.76. The van der Waals surface area contributed by atoms with Crippen LogP contribution in [-0.2, 0) is 9.84 Å². The van der Waals surface area contributed by atoms with Crippen LogP contribution in [0.2, 0.25) is 0 Å². The predicted octanol–water partition coefficient (Wildman–Crippen LogP) is 2.30. The zero-order valence-corrected chi connectivity index (χ0v) is 12.2. The maximum Gasteiger partial charge on any atom is 0.182 e. The highest BCUT2D eigenvalue weighted by Gasteiger charge is 2.22. The molecule has 7 heteroatoms. The lowest BCUT2D eigenvalue weighted by Crippen LogP contribution is -2.18. The van der Waals surface area contributed by atoms with E-state index in [0.717, 1.165) is 6.20 Å². The molecule has 1 rings (SSSR count). The molecule has 1 aromatic carbocycles. The molecule has 0 saturated carbocycles. The van der Waals surface area contributed by atoms with Gasteiger partial charge in [0.05, 0.1) is 20.9 Å². The van der Waals surface area contributed by atoms with Gasteiger partial charge in [0.25, 0.3) is 0 Å². The molecule has 4 N–H and O–H groups in total. The Balaban J connectivity index is 3.22. The summed E-state index contributed by atoms with van der Waals surface area (Å²) >= 11 is 5.69. The largest absolute Gasteiger partial charge is 0.403 e. The molecular weight excluding hydrogens is 286 g/mol. The van der Waals surface area contributed by atoms with Crippen molar-refractivity contribution in [1.29, 1.82) is 5.41 Å². The molecule has 0 aliphatic rings. The summed E-state index contributed by atoms with van der Waals surface area (Å²) in [7, 11) is -3.44. The number of benzene rings is 1. The number of nitrogens with one attached hydrogen (secondary N) is 2. The second-order valence-electron chi connectivity index (χ2n) is 4.10. The average Bonchev–Trinajstić information content (AvgIpc) is 2.37. The molecule has 5 nitrogen and oxygen atoms in total. The van der Waals surface area contributed by atoms with Crippen LogP contribution in [0.25, 0.3) is 0 Å². The van der Waals surface area contributed by atoms with Gasteiger partial charge in [0.1, 0.15) is 5.84 Å². The van der Waals surface area contributed by atoms with Crippen LogP contribution in [0.4, 0.5) is 5.69 Å². The summed E-state index contributed by atoms with van der Waals surface area (Å²) in [5.74, 6) is -0.157. The van der Waals surface area contributed by atoms with E-state index in [2.05, 4.69) is 5.32 Å². The van der Waals surface area contributed by atoms with Crippen LogP contribution in [0.3, 0.4) is 0 Å². The molecule has 0 aromatic heterocycles. The molecule has 0 fully saturated rings. The number of rotatable bonds is 4. The first-order valence-electron chi connectivity index (χ1n) is 5.57. The van der Waals surface area contributed by atoms with Crippen molar-refractivity contribution in [2.75, 3.05) is 5.32 Å². The van der Waals surface area contributed by atoms with E-state index in [9.17, 15) is 8.42 Å². The fourth-order valence-electron chi connectivity index (χ4n) is 1.35. The molecule has 0 unspecified atom stereocenters. The number of nitrogens with two attached hydrogens (primary N) is 1. The second-order valence-corrected chi connectivity index (χ2v) is 6.98. The van der Waals surface area contributed by atoms with Gasteiger partial charge in [-0.05, 0) is 26.0 Å². The van der Waals surface area contributed by atoms with E-state index < -0.39 is 15.1 Å². The van der Waals surface area contributed by atoms with Gasteiger partial charge in [-0.15, -0.1) is 0 Å². The highest BCUT2D eigenvalue weighted by molar-refractivity contribution is 7.92. The summed E-state index contributed by atoms with van der Waals surface area (Å²) < 4.78 is 24.4. The van der Waals surface area contributed by atoms with Crippen LogP contribution < -0.4 is 11.1 Å². The summed E-state index contributed by atoms with van der Waals surface area (Å²) in [6.07, 6.45) is 1.07. The number of sulfone groups is 1. The molecule has 0 heterocycles. The monoisotopic (exact) mass is 301 g/mol. The molecule has 0 aliphatic carbocycles. The SMILES string of the molecule is CC(C)S(=O)(=O)c1ccccc1NC(=N)/C(Cl)=C\N. The van der Waals surface area contributed by atoms with Crippen molar-refractivity contribution >= 4 is 33.0 Å². The normalized spacial score (nSPS) is 12.5. The standard InChI is InChI=1S/C12H16ClN3O2S/c1-8(2)19(17,18)11-6-4-3-5-10(11)16-12(15)9(13)7-14/h3-8H,14H2,1-2H3,(H2,15,16)/b9-7+. The van der Waals surface area contributed by atoms with Gasteiger partial charge in [0.2, 0.25) is 0 Å². The molecule has 0 bridgehead atoms. The second kappa shape index (κ2) is 6.08. The Hall–Kier alpha value is -1.53. The minimum absolute atomic E-state index is 0.0109. The van der Waals surface area contributed by atoms with Gasteiger partial charge >= 0.3 is 0 Å². The van der Waals surface area contributed by atoms with Gasteiger partial charge in [-0.25, -0.2) is 8.42 Å². The first kappa shape index (κ1) is 15.5. The third-order valence-electron chi connectivity index (χ3n) is 2.46. The molecule has 1 aromatic rings. The Morgan fingerprint density at radius 1 is 1.42 bits per heavy atom. The van der Waals surface area contributed by atoms with E-state index in [0.29, 0.717) is 5.69 Å². The van der Waals surface area contributed by atoms with Gasteiger partial charge < -0.3 is 11.1 Å². The molecule has 0 spiro atoms. The fraction of sp³-hybridized carbons (Fsp3) is 0.250. The maximum absolute atomic E-state index is 12.2. The first-order chi connectivity index (χ1) is 8.80. The molecule has 19 heavy (non-hydrogen) atoms. The highest BCUT2D eigenvalue weighted by atomic mass is 35.5. The molecular formula is C12H16ClN3O2S. The number of halogens is 1. The van der Waals surface area contributed by atoms with Crippen LogP contribution in [0.1, 0.15) is 13.8 Å². The van der Waals surface area contributed by atoms with Crippen molar-refractivity contribution in [3.63, 3.8) is 0 Å². The quantitative estimate of drug-likeness (QED) is 0.587. The summed E-state index contributed by atoms with van der Waals surface area (Å²) in [4.78, 5) is 0.135. The minimum Gasteiger partial charge on any atom is -0.403 e. The smallest absolute Gasteiger partial charge is 0.182 e. The topological polar surface area (TPSA) is 96.0 Å². The Morgan fingerprint density at radius 2 is 2.00 bits per heavy atom. The van der Waals surface area contributed by atoms with Crippen molar-refractivity contribution < 1.29 is 8.42 Å². The Morgan fingerprint density at radius 3 is 2.53 bits per heavy atom. The van der Waals surface area contributed by atoms with Gasteiger partial charge in [0, 0.05) is 6.20 Å². The zero-order valence-electron chi connectivity index (χ0n) is 10.6. The number of para-hydroxylation sites is 1. The number of anilines is 1. The fourth-order valence-corrected chi connectivity index (χ4v) is 2.60. The summed E-state index contributed by atoms with van der Waals surface area (Å²) in [6.45, 7) is 3.20. The van der Waals surface area contributed by atoms with Crippen LogP contribution in [0.5, 0.6) is 0 Å². The summed E-state index contributed by atoms with van der Waals surface area (Å²) in [6, 6.07) is 6.37. The number of hydrogen-bond acceptors (Lipinski definition) is 4. The molecule has 0 atom stereocenters. The molecule has 0 aliphatic heterocycles. The van der Waals surface area contributed by atoms with Crippen LogP contribution in [-0.4, -0.2) is 19.5 Å². The summed E-state index contributed by atoms with van der Waals surface area (Å²) in [5.41, 5.74) is 5.51.